The van der Waals surface area contributed by atoms with Crippen LogP contribution >= 0.6 is 12.2 Å². The maximum Gasteiger partial charge on any atom is 0.242 e. The number of likely N-dealkylation sites (N-methyl/N-ethyl adjacent to an activating group) is 1. The minimum atomic E-state index is -0.273. The third kappa shape index (κ3) is 4.07. The zero-order valence-electron chi connectivity index (χ0n) is 8.47. The van der Waals surface area contributed by atoms with E-state index in [0.717, 1.165) is 0 Å². The highest BCUT2D eigenvalue weighted by atomic mass is 32.1. The first-order valence-electron chi connectivity index (χ1n) is 4.22. The molecule has 0 heterocycles. The van der Waals surface area contributed by atoms with Gasteiger partial charge < -0.3 is 16.0 Å². The van der Waals surface area contributed by atoms with Gasteiger partial charge in [-0.3, -0.25) is 4.79 Å². The molecule has 0 aliphatic carbocycles. The molecule has 0 radical (unpaired) electrons. The van der Waals surface area contributed by atoms with E-state index >= 15 is 0 Å². The summed E-state index contributed by atoms with van der Waals surface area (Å²) in [5.41, 5.74) is 0. The van der Waals surface area contributed by atoms with Gasteiger partial charge in [-0.05, 0) is 18.1 Å². The van der Waals surface area contributed by atoms with E-state index in [1.54, 1.807) is 14.1 Å². The molecule has 3 N–H and O–H groups in total. The van der Waals surface area contributed by atoms with Crippen LogP contribution in [0.15, 0.2) is 0 Å². The first kappa shape index (κ1) is 12.2. The maximum absolute atomic E-state index is 11.3. The second kappa shape index (κ2) is 5.75. The highest BCUT2D eigenvalue weighted by molar-refractivity contribution is 7.80. The molecule has 0 bridgehead atoms. The van der Waals surface area contributed by atoms with Crippen molar-refractivity contribution in [2.75, 3.05) is 14.1 Å². The third-order valence-electron chi connectivity index (χ3n) is 1.71. The van der Waals surface area contributed by atoms with Gasteiger partial charge in [-0.15, -0.1) is 0 Å². The molecule has 13 heavy (non-hydrogen) atoms. The highest BCUT2D eigenvalue weighted by Gasteiger charge is 2.20. The van der Waals surface area contributed by atoms with Gasteiger partial charge in [-0.25, -0.2) is 0 Å². The lowest BCUT2D eigenvalue weighted by atomic mass is 10.0. The van der Waals surface area contributed by atoms with Crippen LogP contribution in [-0.4, -0.2) is 31.2 Å². The van der Waals surface area contributed by atoms with Crippen molar-refractivity contribution in [1.29, 1.82) is 0 Å². The fourth-order valence-corrected chi connectivity index (χ4v) is 1.03. The molecule has 0 aromatic carbocycles. The van der Waals surface area contributed by atoms with E-state index in [4.69, 9.17) is 12.2 Å². The standard InChI is InChI=1S/C8H17N3OS/c1-5(2)6(7(12)9-3)11-8(13)10-4/h5-6H,1-4H3,(H,9,12)(H2,10,11,13)/t6-/m0/s1. The fraction of sp³-hybridized carbons (Fsp3) is 0.750. The van der Waals surface area contributed by atoms with Crippen LogP contribution in [0.5, 0.6) is 0 Å². The fourth-order valence-electron chi connectivity index (χ4n) is 0.904. The molecule has 1 amide bonds. The van der Waals surface area contributed by atoms with Gasteiger partial charge in [0.15, 0.2) is 5.11 Å². The van der Waals surface area contributed by atoms with E-state index in [1.807, 2.05) is 13.8 Å². The number of amides is 1. The van der Waals surface area contributed by atoms with Crippen molar-refractivity contribution in [3.8, 4) is 0 Å². The van der Waals surface area contributed by atoms with Crippen molar-refractivity contribution < 1.29 is 4.79 Å². The van der Waals surface area contributed by atoms with Gasteiger partial charge in [0.1, 0.15) is 6.04 Å². The average molecular weight is 203 g/mol. The number of carbonyl (C=O) groups excluding carboxylic acids is 1. The molecule has 0 saturated heterocycles. The number of thiocarbonyl (C=S) groups is 1. The Morgan fingerprint density at radius 1 is 1.23 bits per heavy atom. The van der Waals surface area contributed by atoms with Crippen molar-refractivity contribution in [2.24, 2.45) is 5.92 Å². The zero-order chi connectivity index (χ0) is 10.4. The van der Waals surface area contributed by atoms with Crippen LogP contribution in [0.25, 0.3) is 0 Å². The quantitative estimate of drug-likeness (QED) is 0.558. The Morgan fingerprint density at radius 3 is 2.08 bits per heavy atom. The first-order chi connectivity index (χ1) is 6.02. The van der Waals surface area contributed by atoms with E-state index < -0.39 is 0 Å². The molecule has 0 rings (SSSR count). The predicted molar refractivity (Wildman–Crippen MR) is 57.5 cm³/mol. The number of nitrogens with one attached hydrogen (secondary N) is 3. The van der Waals surface area contributed by atoms with Crippen molar-refractivity contribution in [1.82, 2.24) is 16.0 Å². The smallest absolute Gasteiger partial charge is 0.242 e. The first-order valence-corrected chi connectivity index (χ1v) is 4.63. The van der Waals surface area contributed by atoms with Crippen LogP contribution in [0.3, 0.4) is 0 Å². The van der Waals surface area contributed by atoms with Gasteiger partial charge in [-0.2, -0.15) is 0 Å². The van der Waals surface area contributed by atoms with E-state index in [1.165, 1.54) is 0 Å². The molecule has 0 fully saturated rings. The molecule has 0 unspecified atom stereocenters. The maximum atomic E-state index is 11.3. The van der Waals surface area contributed by atoms with Crippen molar-refractivity contribution in [2.45, 2.75) is 19.9 Å². The van der Waals surface area contributed by atoms with E-state index in [9.17, 15) is 4.79 Å². The van der Waals surface area contributed by atoms with Crippen molar-refractivity contribution in [3.05, 3.63) is 0 Å². The Labute approximate surface area is 84.5 Å². The molecule has 0 aliphatic rings. The van der Waals surface area contributed by atoms with E-state index in [-0.39, 0.29) is 17.9 Å². The number of rotatable bonds is 3. The van der Waals surface area contributed by atoms with Gasteiger partial charge >= 0.3 is 0 Å². The summed E-state index contributed by atoms with van der Waals surface area (Å²) in [6.07, 6.45) is 0. The van der Waals surface area contributed by atoms with Gasteiger partial charge in [0.2, 0.25) is 5.91 Å². The van der Waals surface area contributed by atoms with Crippen LogP contribution in [0, 0.1) is 5.92 Å². The predicted octanol–water partition coefficient (Wildman–Crippen LogP) is -0.149. The molecule has 0 aromatic heterocycles. The second-order valence-corrected chi connectivity index (χ2v) is 3.47. The van der Waals surface area contributed by atoms with E-state index in [0.29, 0.717) is 5.11 Å². The summed E-state index contributed by atoms with van der Waals surface area (Å²) in [6, 6.07) is -0.273. The van der Waals surface area contributed by atoms with Crippen LogP contribution < -0.4 is 16.0 Å². The average Bonchev–Trinajstić information content (AvgIpc) is 2.11. The SMILES string of the molecule is CNC(=O)[C@@H](NC(=S)NC)C(C)C. The number of hydrogen-bond donors (Lipinski definition) is 3. The summed E-state index contributed by atoms with van der Waals surface area (Å²) in [4.78, 5) is 11.3. The van der Waals surface area contributed by atoms with Crippen LogP contribution in [0.2, 0.25) is 0 Å². The molecular weight excluding hydrogens is 186 g/mol. The number of carbonyl (C=O) groups is 1. The molecule has 0 spiro atoms. The molecule has 0 saturated carbocycles. The van der Waals surface area contributed by atoms with Gasteiger partial charge in [-0.1, -0.05) is 13.8 Å². The topological polar surface area (TPSA) is 53.2 Å². The minimum absolute atomic E-state index is 0.0485. The Morgan fingerprint density at radius 2 is 1.77 bits per heavy atom. The molecule has 4 nitrogen and oxygen atoms in total. The Balaban J connectivity index is 4.26. The molecule has 1 atom stereocenters. The molecule has 76 valence electrons. The van der Waals surface area contributed by atoms with Gasteiger partial charge in [0.25, 0.3) is 0 Å². The van der Waals surface area contributed by atoms with Crippen LogP contribution in [0.4, 0.5) is 0 Å². The third-order valence-corrected chi connectivity index (χ3v) is 2.03. The number of hydrogen-bond acceptors (Lipinski definition) is 2. The van der Waals surface area contributed by atoms with Crippen molar-refractivity contribution in [3.63, 3.8) is 0 Å². The van der Waals surface area contributed by atoms with Gasteiger partial charge in [0, 0.05) is 14.1 Å². The van der Waals surface area contributed by atoms with E-state index in [2.05, 4.69) is 16.0 Å². The Hall–Kier alpha value is -0.840. The normalized spacial score (nSPS) is 12.1. The summed E-state index contributed by atoms with van der Waals surface area (Å²) in [5, 5.41) is 8.77. The van der Waals surface area contributed by atoms with Crippen molar-refractivity contribution >= 4 is 23.2 Å². The lowest BCUT2D eigenvalue weighted by Gasteiger charge is -2.21. The second-order valence-electron chi connectivity index (χ2n) is 3.06. The lowest BCUT2D eigenvalue weighted by Crippen LogP contribution is -2.51. The summed E-state index contributed by atoms with van der Waals surface area (Å²) in [5.74, 6) is 0.152. The molecule has 0 aliphatic heterocycles. The Bertz CT molecular complexity index is 194. The lowest BCUT2D eigenvalue weighted by molar-refractivity contribution is -0.123. The summed E-state index contributed by atoms with van der Waals surface area (Å²) in [6.45, 7) is 3.93. The summed E-state index contributed by atoms with van der Waals surface area (Å²) in [7, 11) is 3.33. The molecule has 5 heteroatoms. The van der Waals surface area contributed by atoms with Crippen LogP contribution in [0.1, 0.15) is 13.8 Å². The largest absolute Gasteiger partial charge is 0.366 e. The van der Waals surface area contributed by atoms with Gasteiger partial charge in [0.05, 0.1) is 0 Å². The minimum Gasteiger partial charge on any atom is -0.366 e. The Kier molecular flexibility index (Phi) is 5.37. The van der Waals surface area contributed by atoms with Crippen LogP contribution in [-0.2, 0) is 4.79 Å². The highest BCUT2D eigenvalue weighted by Crippen LogP contribution is 2.00. The summed E-state index contributed by atoms with van der Waals surface area (Å²) < 4.78 is 0. The molecular formula is C8H17N3OS. The molecule has 0 aromatic rings. The monoisotopic (exact) mass is 203 g/mol. The zero-order valence-corrected chi connectivity index (χ0v) is 9.29. The summed E-state index contributed by atoms with van der Waals surface area (Å²) >= 11 is 4.92.